The van der Waals surface area contributed by atoms with Crippen molar-refractivity contribution < 1.29 is 5.11 Å². The summed E-state index contributed by atoms with van der Waals surface area (Å²) in [6.07, 6.45) is 2.72. The zero-order valence-corrected chi connectivity index (χ0v) is 11.6. The Bertz CT molecular complexity index is 527. The molecule has 90 valence electrons. The first-order valence-corrected chi connectivity index (χ1v) is 6.43. The van der Waals surface area contributed by atoms with Crippen molar-refractivity contribution in [3.05, 3.63) is 51.5 Å². The molecule has 0 radical (unpaired) electrons. The second-order valence-electron chi connectivity index (χ2n) is 3.70. The lowest BCUT2D eigenvalue weighted by Crippen LogP contribution is -2.01. The summed E-state index contributed by atoms with van der Waals surface area (Å²) in [5.41, 5.74) is 1.26. The minimum absolute atomic E-state index is 0.534. The summed E-state index contributed by atoms with van der Waals surface area (Å²) in [5.74, 6) is 0. The predicted molar refractivity (Wildman–Crippen MR) is 71.1 cm³/mol. The monoisotopic (exact) mass is 314 g/mol. The Kier molecular flexibility index (Phi) is 3.86. The number of aromatic nitrogens is 2. The molecule has 5 heteroatoms. The van der Waals surface area contributed by atoms with Crippen molar-refractivity contribution in [3.63, 3.8) is 0 Å². The molecule has 0 saturated carbocycles. The highest BCUT2D eigenvalue weighted by Gasteiger charge is 2.16. The summed E-state index contributed by atoms with van der Waals surface area (Å²) in [7, 11) is 0. The fourth-order valence-electron chi connectivity index (χ4n) is 1.58. The minimum Gasteiger partial charge on any atom is -0.382 e. The van der Waals surface area contributed by atoms with E-state index < -0.39 is 6.10 Å². The van der Waals surface area contributed by atoms with E-state index in [9.17, 15) is 5.11 Å². The van der Waals surface area contributed by atoms with E-state index in [2.05, 4.69) is 20.9 Å². The van der Waals surface area contributed by atoms with Crippen LogP contribution in [0.2, 0.25) is 5.02 Å². The minimum atomic E-state index is -0.798. The molecule has 0 fully saturated rings. The van der Waals surface area contributed by atoms with E-state index in [0.717, 1.165) is 11.0 Å². The lowest BCUT2D eigenvalue weighted by Gasteiger charge is -2.10. The summed E-state index contributed by atoms with van der Waals surface area (Å²) >= 11 is 9.43. The van der Waals surface area contributed by atoms with Gasteiger partial charge in [0.1, 0.15) is 6.10 Å². The molecule has 0 aliphatic rings. The van der Waals surface area contributed by atoms with Crippen molar-refractivity contribution in [2.45, 2.75) is 19.6 Å². The van der Waals surface area contributed by atoms with Gasteiger partial charge in [0, 0.05) is 27.8 Å². The normalized spacial score (nSPS) is 12.7. The molecule has 2 rings (SSSR count). The maximum Gasteiger partial charge on any atom is 0.124 e. The molecular weight excluding hydrogens is 304 g/mol. The Labute approximate surface area is 113 Å². The van der Waals surface area contributed by atoms with Crippen LogP contribution in [-0.2, 0) is 6.54 Å². The average molecular weight is 316 g/mol. The zero-order valence-electron chi connectivity index (χ0n) is 9.27. The van der Waals surface area contributed by atoms with Gasteiger partial charge in [0.05, 0.1) is 12.0 Å². The van der Waals surface area contributed by atoms with Gasteiger partial charge >= 0.3 is 0 Å². The van der Waals surface area contributed by atoms with Crippen LogP contribution in [0, 0.1) is 0 Å². The number of halogens is 2. The molecular formula is C12H12BrClN2O. The third-order valence-electron chi connectivity index (χ3n) is 2.55. The van der Waals surface area contributed by atoms with E-state index in [0.29, 0.717) is 16.3 Å². The van der Waals surface area contributed by atoms with Crippen LogP contribution in [0.1, 0.15) is 24.3 Å². The molecule has 1 atom stereocenters. The molecule has 1 aromatic carbocycles. The molecule has 0 amide bonds. The molecule has 1 unspecified atom stereocenters. The van der Waals surface area contributed by atoms with Gasteiger partial charge in [-0.1, -0.05) is 27.5 Å². The molecule has 3 nitrogen and oxygen atoms in total. The highest BCUT2D eigenvalue weighted by atomic mass is 79.9. The van der Waals surface area contributed by atoms with Gasteiger partial charge in [-0.15, -0.1) is 0 Å². The molecule has 0 aliphatic heterocycles. The number of aliphatic hydroxyl groups is 1. The van der Waals surface area contributed by atoms with Gasteiger partial charge in [0.25, 0.3) is 0 Å². The molecule has 0 bridgehead atoms. The van der Waals surface area contributed by atoms with Crippen molar-refractivity contribution in [1.82, 2.24) is 9.55 Å². The van der Waals surface area contributed by atoms with Crippen molar-refractivity contribution in [2.75, 3.05) is 0 Å². The second-order valence-corrected chi connectivity index (χ2v) is 5.02. The molecule has 0 saturated heterocycles. The van der Waals surface area contributed by atoms with Gasteiger partial charge in [-0.25, -0.2) is 4.98 Å². The maximum absolute atomic E-state index is 10.2. The van der Waals surface area contributed by atoms with E-state index in [-0.39, 0.29) is 0 Å². The molecule has 0 spiro atoms. The third-order valence-corrected chi connectivity index (χ3v) is 3.39. The van der Waals surface area contributed by atoms with Crippen LogP contribution in [0.15, 0.2) is 35.2 Å². The molecule has 17 heavy (non-hydrogen) atoms. The van der Waals surface area contributed by atoms with Crippen molar-refractivity contribution >= 4 is 27.5 Å². The first kappa shape index (κ1) is 12.6. The van der Waals surface area contributed by atoms with Crippen LogP contribution in [0.25, 0.3) is 0 Å². The fourth-order valence-corrected chi connectivity index (χ4v) is 2.17. The molecule has 0 aliphatic carbocycles. The van der Waals surface area contributed by atoms with Gasteiger partial charge in [0.2, 0.25) is 0 Å². The van der Waals surface area contributed by atoms with Gasteiger partial charge in [-0.2, -0.15) is 0 Å². The second kappa shape index (κ2) is 5.21. The Morgan fingerprint density at radius 2 is 2.29 bits per heavy atom. The van der Waals surface area contributed by atoms with Crippen LogP contribution < -0.4 is 0 Å². The topological polar surface area (TPSA) is 38.0 Å². The van der Waals surface area contributed by atoms with E-state index in [1.165, 1.54) is 0 Å². The number of hydrogen-bond acceptors (Lipinski definition) is 2. The summed E-state index contributed by atoms with van der Waals surface area (Å²) in [4.78, 5) is 4.17. The van der Waals surface area contributed by atoms with Crippen LogP contribution in [0.5, 0.6) is 0 Å². The number of hydrogen-bond donors (Lipinski definition) is 1. The lowest BCUT2D eigenvalue weighted by atomic mass is 10.1. The summed E-state index contributed by atoms with van der Waals surface area (Å²) in [6.45, 7) is 2.84. The Morgan fingerprint density at radius 1 is 1.53 bits per heavy atom. The van der Waals surface area contributed by atoms with Gasteiger partial charge in [-0.05, 0) is 25.1 Å². The molecule has 1 heterocycles. The van der Waals surface area contributed by atoms with Gasteiger partial charge in [0.15, 0.2) is 0 Å². The number of benzene rings is 1. The van der Waals surface area contributed by atoms with Crippen LogP contribution >= 0.6 is 27.5 Å². The van der Waals surface area contributed by atoms with Crippen LogP contribution in [-0.4, -0.2) is 14.7 Å². The lowest BCUT2D eigenvalue weighted by molar-refractivity contribution is 0.216. The first-order chi connectivity index (χ1) is 8.11. The Hall–Kier alpha value is -0.840. The maximum atomic E-state index is 10.2. The van der Waals surface area contributed by atoms with Crippen molar-refractivity contribution in [2.24, 2.45) is 0 Å². The zero-order chi connectivity index (χ0) is 12.4. The number of imidazole rings is 1. The SMILES string of the molecule is CCn1cnc(C(O)c2cc(Br)ccc2Cl)c1. The summed E-state index contributed by atoms with van der Waals surface area (Å²) < 4.78 is 2.79. The molecule has 1 N–H and O–H groups in total. The number of rotatable bonds is 3. The summed E-state index contributed by atoms with van der Waals surface area (Å²) in [5, 5.41) is 10.8. The predicted octanol–water partition coefficient (Wildman–Crippen LogP) is 3.40. The smallest absolute Gasteiger partial charge is 0.124 e. The number of aryl methyl sites for hydroxylation is 1. The van der Waals surface area contributed by atoms with Crippen LogP contribution in [0.4, 0.5) is 0 Å². The number of nitrogens with zero attached hydrogens (tertiary/aromatic N) is 2. The third kappa shape index (κ3) is 2.70. The summed E-state index contributed by atoms with van der Waals surface area (Å²) in [6, 6.07) is 5.39. The Morgan fingerprint density at radius 3 is 2.94 bits per heavy atom. The largest absolute Gasteiger partial charge is 0.382 e. The van der Waals surface area contributed by atoms with E-state index in [1.807, 2.05) is 23.8 Å². The van der Waals surface area contributed by atoms with Gasteiger partial charge < -0.3 is 9.67 Å². The standard InChI is InChI=1S/C12H12BrClN2O/c1-2-16-6-11(15-7-16)12(17)9-5-8(13)3-4-10(9)14/h3-7,12,17H,2H2,1H3. The quantitative estimate of drug-likeness (QED) is 0.942. The first-order valence-electron chi connectivity index (χ1n) is 5.26. The molecule has 2 aromatic rings. The van der Waals surface area contributed by atoms with E-state index >= 15 is 0 Å². The number of aliphatic hydroxyl groups excluding tert-OH is 1. The Balaban J connectivity index is 2.35. The molecule has 1 aromatic heterocycles. The average Bonchev–Trinajstić information content (AvgIpc) is 2.80. The van der Waals surface area contributed by atoms with Crippen molar-refractivity contribution in [1.29, 1.82) is 0 Å². The van der Waals surface area contributed by atoms with Crippen molar-refractivity contribution in [3.8, 4) is 0 Å². The highest BCUT2D eigenvalue weighted by molar-refractivity contribution is 9.10. The van der Waals surface area contributed by atoms with Gasteiger partial charge in [-0.3, -0.25) is 0 Å². The van der Waals surface area contributed by atoms with Crippen LogP contribution in [0.3, 0.4) is 0 Å². The van der Waals surface area contributed by atoms with E-state index in [1.54, 1.807) is 18.5 Å². The highest BCUT2D eigenvalue weighted by Crippen LogP contribution is 2.29. The fraction of sp³-hybridized carbons (Fsp3) is 0.250. The van der Waals surface area contributed by atoms with E-state index in [4.69, 9.17) is 11.6 Å².